The van der Waals surface area contributed by atoms with Crippen LogP contribution in [0.4, 0.5) is 13.2 Å². The van der Waals surface area contributed by atoms with E-state index in [1.165, 1.54) is 6.92 Å². The zero-order valence-electron chi connectivity index (χ0n) is 27.6. The summed E-state index contributed by atoms with van der Waals surface area (Å²) in [4.78, 5) is 0. The second kappa shape index (κ2) is 10.6. The summed E-state index contributed by atoms with van der Waals surface area (Å²) in [5, 5.41) is 4.52. The van der Waals surface area contributed by atoms with Crippen LogP contribution < -0.4 is 0 Å². The summed E-state index contributed by atoms with van der Waals surface area (Å²) in [6.07, 6.45) is -4.53. The van der Waals surface area contributed by atoms with E-state index in [0.29, 0.717) is 0 Å². The molecule has 0 atom stereocenters. The van der Waals surface area contributed by atoms with E-state index in [1.807, 2.05) is 24.3 Å². The number of rotatable bonds is 4. The molecule has 0 saturated carbocycles. The second-order valence-electron chi connectivity index (χ2n) is 13.5. The number of hydrogen-bond acceptors (Lipinski definition) is 0. The highest BCUT2D eigenvalue weighted by molar-refractivity contribution is 6.10. The maximum absolute atomic E-state index is 15.2. The second-order valence-corrected chi connectivity index (χ2v) is 13.5. The molecule has 0 aliphatic carbocycles. The summed E-state index contributed by atoms with van der Waals surface area (Å²) >= 11 is 0. The number of benzene rings is 6. The van der Waals surface area contributed by atoms with E-state index in [1.54, 1.807) is 24.3 Å². The highest BCUT2D eigenvalue weighted by atomic mass is 19.4. The predicted octanol–water partition coefficient (Wildman–Crippen LogP) is 12.0. The maximum atomic E-state index is 15.2. The van der Waals surface area contributed by atoms with Gasteiger partial charge >= 0.3 is 6.18 Å². The van der Waals surface area contributed by atoms with Crippen LogP contribution in [0.3, 0.4) is 0 Å². The Morgan fingerprint density at radius 3 is 0.917 bits per heavy atom. The van der Waals surface area contributed by atoms with Crippen molar-refractivity contribution in [2.75, 3.05) is 0 Å². The van der Waals surface area contributed by atoms with E-state index in [0.717, 1.165) is 77.2 Å². The Labute approximate surface area is 277 Å². The van der Waals surface area contributed by atoms with Gasteiger partial charge in [0.1, 0.15) is 5.41 Å². The molecule has 0 unspecified atom stereocenters. The first-order valence-corrected chi connectivity index (χ1v) is 16.3. The SMILES string of the molecule is Cc1ccc2c(c1)c1cc(C)ccc1n2-c1ccc(C(C)(c2ccc(-n3c4ccc(C)cc4c4cc(C)ccc43)cc2)C(F)(F)F)cc1. The Bertz CT molecular complexity index is 2240. The average Bonchev–Trinajstić information content (AvgIpc) is 3.55. The van der Waals surface area contributed by atoms with Gasteiger partial charge < -0.3 is 9.13 Å². The van der Waals surface area contributed by atoms with E-state index in [2.05, 4.69) is 110 Å². The van der Waals surface area contributed by atoms with Crippen molar-refractivity contribution in [3.63, 3.8) is 0 Å². The third kappa shape index (κ3) is 4.48. The van der Waals surface area contributed by atoms with Crippen LogP contribution in [-0.2, 0) is 5.41 Å². The predicted molar refractivity (Wildman–Crippen MR) is 193 cm³/mol. The smallest absolute Gasteiger partial charge is 0.309 e. The van der Waals surface area contributed by atoms with Crippen molar-refractivity contribution in [2.45, 2.75) is 46.2 Å². The van der Waals surface area contributed by atoms with Gasteiger partial charge in [-0.15, -0.1) is 0 Å². The minimum absolute atomic E-state index is 0.196. The maximum Gasteiger partial charge on any atom is 0.402 e. The first-order valence-electron chi connectivity index (χ1n) is 16.3. The topological polar surface area (TPSA) is 9.86 Å². The first-order chi connectivity index (χ1) is 22.9. The Kier molecular flexibility index (Phi) is 6.65. The molecule has 238 valence electrons. The third-order valence-corrected chi connectivity index (χ3v) is 10.1. The molecular formula is C43H35F3N2. The van der Waals surface area contributed by atoms with Gasteiger partial charge in [-0.2, -0.15) is 13.2 Å². The molecule has 2 heterocycles. The molecule has 0 fully saturated rings. The van der Waals surface area contributed by atoms with E-state index in [9.17, 15) is 0 Å². The Morgan fingerprint density at radius 1 is 0.396 bits per heavy atom. The Morgan fingerprint density at radius 2 is 0.667 bits per heavy atom. The van der Waals surface area contributed by atoms with E-state index in [4.69, 9.17) is 0 Å². The molecule has 8 aromatic rings. The van der Waals surface area contributed by atoms with Gasteiger partial charge in [-0.25, -0.2) is 0 Å². The number of halogens is 3. The van der Waals surface area contributed by atoms with Gasteiger partial charge in [0.15, 0.2) is 0 Å². The van der Waals surface area contributed by atoms with Crippen LogP contribution in [0.5, 0.6) is 0 Å². The molecule has 5 heteroatoms. The zero-order valence-corrected chi connectivity index (χ0v) is 27.6. The molecule has 48 heavy (non-hydrogen) atoms. The molecule has 0 saturated heterocycles. The number of alkyl halides is 3. The van der Waals surface area contributed by atoms with Gasteiger partial charge in [-0.3, -0.25) is 0 Å². The number of aryl methyl sites for hydroxylation is 4. The van der Waals surface area contributed by atoms with E-state index < -0.39 is 11.6 Å². The number of aromatic nitrogens is 2. The fourth-order valence-electron chi connectivity index (χ4n) is 7.44. The molecular weight excluding hydrogens is 601 g/mol. The minimum atomic E-state index is -4.53. The van der Waals surface area contributed by atoms with Gasteiger partial charge in [0.25, 0.3) is 0 Å². The summed E-state index contributed by atoms with van der Waals surface area (Å²) in [5.41, 5.74) is 8.57. The molecule has 2 nitrogen and oxygen atoms in total. The molecule has 0 amide bonds. The van der Waals surface area contributed by atoms with Gasteiger partial charge in [-0.1, -0.05) is 70.8 Å². The lowest BCUT2D eigenvalue weighted by Gasteiger charge is -2.33. The van der Waals surface area contributed by atoms with Gasteiger partial charge in [0.05, 0.1) is 22.1 Å². The van der Waals surface area contributed by atoms with Crippen LogP contribution >= 0.6 is 0 Å². The zero-order chi connectivity index (χ0) is 33.5. The summed E-state index contributed by atoms with van der Waals surface area (Å²) in [7, 11) is 0. The lowest BCUT2D eigenvalue weighted by molar-refractivity contribution is -0.173. The summed E-state index contributed by atoms with van der Waals surface area (Å²) in [6, 6.07) is 39.2. The average molecular weight is 637 g/mol. The quantitative estimate of drug-likeness (QED) is 0.182. The van der Waals surface area contributed by atoms with Crippen molar-refractivity contribution in [1.29, 1.82) is 0 Å². The molecule has 0 N–H and O–H groups in total. The first kappa shape index (κ1) is 30.1. The van der Waals surface area contributed by atoms with Crippen LogP contribution in [0, 0.1) is 27.7 Å². The van der Waals surface area contributed by atoms with Crippen molar-refractivity contribution in [2.24, 2.45) is 0 Å². The van der Waals surface area contributed by atoms with Crippen molar-refractivity contribution < 1.29 is 13.2 Å². The van der Waals surface area contributed by atoms with Crippen molar-refractivity contribution in [3.8, 4) is 11.4 Å². The molecule has 6 aromatic carbocycles. The van der Waals surface area contributed by atoms with Crippen molar-refractivity contribution in [1.82, 2.24) is 9.13 Å². The standard InChI is InChI=1S/C43H35F3N2/c1-26-6-18-38-34(22-26)35-23-27(2)7-19-39(35)47(38)32-14-10-30(11-15-32)42(5,43(44,45)46)31-12-16-33(17-13-31)48-40-20-8-28(3)24-36(40)37-25-29(4)9-21-41(37)48/h6-25H,1-5H3. The fourth-order valence-corrected chi connectivity index (χ4v) is 7.44. The molecule has 0 spiro atoms. The number of fused-ring (bicyclic) bond motifs is 6. The third-order valence-electron chi connectivity index (χ3n) is 10.1. The largest absolute Gasteiger partial charge is 0.402 e. The summed E-state index contributed by atoms with van der Waals surface area (Å²) < 4.78 is 49.9. The van der Waals surface area contributed by atoms with E-state index in [-0.39, 0.29) is 11.1 Å². The molecule has 8 rings (SSSR count). The van der Waals surface area contributed by atoms with Crippen LogP contribution in [0.15, 0.2) is 121 Å². The van der Waals surface area contributed by atoms with Gasteiger partial charge in [0, 0.05) is 32.9 Å². The number of nitrogens with zero attached hydrogens (tertiary/aromatic N) is 2. The Balaban J connectivity index is 1.23. The van der Waals surface area contributed by atoms with Gasteiger partial charge in [-0.05, 0) is 119 Å². The summed E-state index contributed by atoms with van der Waals surface area (Å²) in [6.45, 7) is 9.57. The van der Waals surface area contributed by atoms with Crippen LogP contribution in [0.2, 0.25) is 0 Å². The highest BCUT2D eigenvalue weighted by Gasteiger charge is 2.53. The Hall–Kier alpha value is -5.29. The minimum Gasteiger partial charge on any atom is -0.309 e. The highest BCUT2D eigenvalue weighted by Crippen LogP contribution is 2.47. The van der Waals surface area contributed by atoms with Crippen LogP contribution in [-0.4, -0.2) is 15.3 Å². The molecule has 2 aromatic heterocycles. The summed E-state index contributed by atoms with van der Waals surface area (Å²) in [5.74, 6) is 0. The molecule has 0 radical (unpaired) electrons. The van der Waals surface area contributed by atoms with Crippen molar-refractivity contribution in [3.05, 3.63) is 155 Å². The number of hydrogen-bond donors (Lipinski definition) is 0. The van der Waals surface area contributed by atoms with Gasteiger partial charge in [0.2, 0.25) is 0 Å². The van der Waals surface area contributed by atoms with Crippen LogP contribution in [0.25, 0.3) is 55.0 Å². The molecule has 0 aliphatic heterocycles. The monoisotopic (exact) mass is 636 g/mol. The van der Waals surface area contributed by atoms with E-state index >= 15 is 13.2 Å². The van der Waals surface area contributed by atoms with Crippen LogP contribution in [0.1, 0.15) is 40.3 Å². The van der Waals surface area contributed by atoms with Crippen molar-refractivity contribution >= 4 is 43.6 Å². The lowest BCUT2D eigenvalue weighted by Crippen LogP contribution is -2.40. The molecule has 0 aliphatic rings. The normalized spacial score (nSPS) is 12.6. The molecule has 0 bridgehead atoms. The lowest BCUT2D eigenvalue weighted by atomic mass is 9.75. The fraction of sp³-hybridized carbons (Fsp3) is 0.163.